The number of amides is 1. The fourth-order valence-corrected chi connectivity index (χ4v) is 2.58. The van der Waals surface area contributed by atoms with Crippen LogP contribution in [0.1, 0.15) is 37.7 Å². The topological polar surface area (TPSA) is 73.6 Å². The van der Waals surface area contributed by atoms with Crippen LogP contribution >= 0.6 is 12.4 Å². The summed E-state index contributed by atoms with van der Waals surface area (Å²) in [5, 5.41) is 2.86. The lowest BCUT2D eigenvalue weighted by Crippen LogP contribution is -2.25. The average molecular weight is 329 g/mol. The molecule has 1 aromatic rings. The van der Waals surface area contributed by atoms with Gasteiger partial charge in [-0.1, -0.05) is 12.1 Å². The third-order valence-electron chi connectivity index (χ3n) is 3.71. The molecule has 0 saturated heterocycles. The van der Waals surface area contributed by atoms with Gasteiger partial charge in [-0.3, -0.25) is 4.79 Å². The van der Waals surface area contributed by atoms with Gasteiger partial charge in [0.2, 0.25) is 5.91 Å². The Kier molecular flexibility index (Phi) is 8.06. The molecular weight excluding hydrogens is 304 g/mol. The van der Waals surface area contributed by atoms with Crippen LogP contribution in [0.3, 0.4) is 0 Å². The molecule has 0 radical (unpaired) electrons. The van der Waals surface area contributed by atoms with Gasteiger partial charge in [-0.05, 0) is 31.7 Å². The van der Waals surface area contributed by atoms with E-state index in [2.05, 4.69) is 5.32 Å². The van der Waals surface area contributed by atoms with Gasteiger partial charge < -0.3 is 20.5 Å². The maximum absolute atomic E-state index is 11.6. The van der Waals surface area contributed by atoms with Crippen molar-refractivity contribution in [3.8, 4) is 11.5 Å². The minimum absolute atomic E-state index is 0. The van der Waals surface area contributed by atoms with Gasteiger partial charge in [0.25, 0.3) is 0 Å². The highest BCUT2D eigenvalue weighted by molar-refractivity contribution is 5.85. The number of carbonyl (C=O) groups is 1. The molecule has 1 aromatic carbocycles. The summed E-state index contributed by atoms with van der Waals surface area (Å²) < 4.78 is 11.5. The van der Waals surface area contributed by atoms with Gasteiger partial charge in [-0.15, -0.1) is 12.4 Å². The molecule has 6 heteroatoms. The molecule has 1 amide bonds. The van der Waals surface area contributed by atoms with Gasteiger partial charge in [-0.2, -0.15) is 0 Å². The smallest absolute Gasteiger partial charge is 0.221 e. The van der Waals surface area contributed by atoms with E-state index in [9.17, 15) is 4.79 Å². The van der Waals surface area contributed by atoms with E-state index in [1.807, 2.05) is 18.2 Å². The minimum Gasteiger partial charge on any atom is -0.493 e. The fourth-order valence-electron chi connectivity index (χ4n) is 2.58. The van der Waals surface area contributed by atoms with Crippen LogP contribution in [0.25, 0.3) is 0 Å². The molecule has 0 bridgehead atoms. The minimum atomic E-state index is -0.0489. The molecule has 0 heterocycles. The third kappa shape index (κ3) is 5.07. The Hall–Kier alpha value is -1.46. The summed E-state index contributed by atoms with van der Waals surface area (Å²) in [4.78, 5) is 11.6. The summed E-state index contributed by atoms with van der Waals surface area (Å²) in [6.07, 6.45) is 5.17. The second-order valence-corrected chi connectivity index (χ2v) is 5.29. The van der Waals surface area contributed by atoms with Crippen molar-refractivity contribution in [2.24, 2.45) is 5.73 Å². The van der Waals surface area contributed by atoms with E-state index in [1.54, 1.807) is 7.11 Å². The Balaban J connectivity index is 0.00000242. The molecule has 0 aliphatic heterocycles. The molecule has 2 rings (SSSR count). The summed E-state index contributed by atoms with van der Waals surface area (Å²) in [6.45, 7) is 0.785. The van der Waals surface area contributed by atoms with Gasteiger partial charge in [0.15, 0.2) is 11.5 Å². The molecule has 1 fully saturated rings. The maximum atomic E-state index is 11.6. The van der Waals surface area contributed by atoms with Crippen molar-refractivity contribution >= 4 is 18.3 Å². The van der Waals surface area contributed by atoms with Crippen LogP contribution in [0.4, 0.5) is 0 Å². The Bertz CT molecular complexity index is 476. The van der Waals surface area contributed by atoms with Crippen molar-refractivity contribution in [1.82, 2.24) is 5.32 Å². The van der Waals surface area contributed by atoms with Crippen molar-refractivity contribution in [2.75, 3.05) is 13.7 Å². The van der Waals surface area contributed by atoms with Crippen LogP contribution in [-0.2, 0) is 11.3 Å². The highest BCUT2D eigenvalue weighted by Crippen LogP contribution is 2.34. The number of para-hydroxylation sites is 1. The molecule has 0 spiro atoms. The van der Waals surface area contributed by atoms with Crippen LogP contribution in [0, 0.1) is 0 Å². The Morgan fingerprint density at radius 1 is 1.36 bits per heavy atom. The highest BCUT2D eigenvalue weighted by Gasteiger charge is 2.20. The molecule has 1 aliphatic carbocycles. The first-order valence-electron chi connectivity index (χ1n) is 7.54. The molecule has 0 unspecified atom stereocenters. The number of methoxy groups -OCH3 is 1. The van der Waals surface area contributed by atoms with E-state index in [4.69, 9.17) is 15.2 Å². The van der Waals surface area contributed by atoms with Gasteiger partial charge in [0, 0.05) is 25.1 Å². The van der Waals surface area contributed by atoms with Crippen LogP contribution in [0.15, 0.2) is 18.2 Å². The van der Waals surface area contributed by atoms with E-state index in [0.717, 1.165) is 24.2 Å². The summed E-state index contributed by atoms with van der Waals surface area (Å²) in [7, 11) is 1.63. The molecular formula is C16H25ClN2O3. The van der Waals surface area contributed by atoms with Crippen LogP contribution < -0.4 is 20.5 Å². The number of nitrogens with two attached hydrogens (primary N) is 1. The first-order chi connectivity index (χ1) is 10.2. The lowest BCUT2D eigenvalue weighted by molar-refractivity contribution is -0.121. The zero-order valence-electron chi connectivity index (χ0n) is 13.0. The number of carbonyl (C=O) groups excluding carboxylic acids is 1. The van der Waals surface area contributed by atoms with Crippen molar-refractivity contribution in [3.63, 3.8) is 0 Å². The first kappa shape index (κ1) is 18.6. The number of hydrogen-bond donors (Lipinski definition) is 2. The molecule has 0 aromatic heterocycles. The van der Waals surface area contributed by atoms with Crippen molar-refractivity contribution in [3.05, 3.63) is 23.8 Å². The van der Waals surface area contributed by atoms with Crippen molar-refractivity contribution in [1.29, 1.82) is 0 Å². The van der Waals surface area contributed by atoms with Gasteiger partial charge >= 0.3 is 0 Å². The lowest BCUT2D eigenvalue weighted by Gasteiger charge is -2.19. The highest BCUT2D eigenvalue weighted by atomic mass is 35.5. The molecule has 0 atom stereocenters. The van der Waals surface area contributed by atoms with E-state index < -0.39 is 0 Å². The largest absolute Gasteiger partial charge is 0.493 e. The number of benzene rings is 1. The first-order valence-corrected chi connectivity index (χ1v) is 7.54. The molecule has 3 N–H and O–H groups in total. The average Bonchev–Trinajstić information content (AvgIpc) is 2.99. The standard InChI is InChI=1S/C16H24N2O3.ClH/c1-20-14-8-4-5-12(11-18-15(19)9-10-17)16(14)21-13-6-2-3-7-13;/h4-5,8,13H,2-3,6-7,9-11,17H2,1H3,(H,18,19);1H. The lowest BCUT2D eigenvalue weighted by atomic mass is 10.1. The zero-order chi connectivity index (χ0) is 15.1. The van der Waals surface area contributed by atoms with Crippen LogP contribution in [-0.4, -0.2) is 25.7 Å². The number of hydrogen-bond acceptors (Lipinski definition) is 4. The predicted molar refractivity (Wildman–Crippen MR) is 88.6 cm³/mol. The SMILES string of the molecule is COc1cccc(CNC(=O)CCN)c1OC1CCCC1.Cl. The predicted octanol–water partition coefficient (Wildman–Crippen LogP) is 2.40. The van der Waals surface area contributed by atoms with Gasteiger partial charge in [0.1, 0.15) is 0 Å². The molecule has 1 aliphatic rings. The number of nitrogens with one attached hydrogen (secondary N) is 1. The number of rotatable bonds is 7. The summed E-state index contributed by atoms with van der Waals surface area (Å²) in [5.74, 6) is 1.42. The second kappa shape index (κ2) is 9.54. The quantitative estimate of drug-likeness (QED) is 0.806. The van der Waals surface area contributed by atoms with Crippen molar-refractivity contribution in [2.45, 2.75) is 44.8 Å². The van der Waals surface area contributed by atoms with E-state index in [-0.39, 0.29) is 24.4 Å². The monoisotopic (exact) mass is 328 g/mol. The molecule has 5 nitrogen and oxygen atoms in total. The Labute approximate surface area is 138 Å². The molecule has 22 heavy (non-hydrogen) atoms. The maximum Gasteiger partial charge on any atom is 0.221 e. The molecule has 124 valence electrons. The summed E-state index contributed by atoms with van der Waals surface area (Å²) >= 11 is 0. The van der Waals surface area contributed by atoms with Gasteiger partial charge in [0.05, 0.1) is 13.2 Å². The van der Waals surface area contributed by atoms with E-state index >= 15 is 0 Å². The normalized spacial score (nSPS) is 14.3. The van der Waals surface area contributed by atoms with Crippen LogP contribution in [0.5, 0.6) is 11.5 Å². The molecule has 1 saturated carbocycles. The van der Waals surface area contributed by atoms with E-state index in [0.29, 0.717) is 25.3 Å². The summed E-state index contributed by atoms with van der Waals surface area (Å²) in [6, 6.07) is 5.75. The Morgan fingerprint density at radius 2 is 2.09 bits per heavy atom. The van der Waals surface area contributed by atoms with Crippen molar-refractivity contribution < 1.29 is 14.3 Å². The Morgan fingerprint density at radius 3 is 2.73 bits per heavy atom. The van der Waals surface area contributed by atoms with E-state index in [1.165, 1.54) is 12.8 Å². The summed E-state index contributed by atoms with van der Waals surface area (Å²) in [5.41, 5.74) is 6.31. The second-order valence-electron chi connectivity index (χ2n) is 5.29. The third-order valence-corrected chi connectivity index (χ3v) is 3.71. The van der Waals surface area contributed by atoms with Gasteiger partial charge in [-0.25, -0.2) is 0 Å². The fraction of sp³-hybridized carbons (Fsp3) is 0.562. The number of ether oxygens (including phenoxy) is 2. The zero-order valence-corrected chi connectivity index (χ0v) is 13.8. The number of halogens is 1. The van der Waals surface area contributed by atoms with Crippen LogP contribution in [0.2, 0.25) is 0 Å².